The number of ether oxygens (including phenoxy) is 2. The van der Waals surface area contributed by atoms with Gasteiger partial charge in [0.2, 0.25) is 0 Å². The van der Waals surface area contributed by atoms with Gasteiger partial charge in [0.15, 0.2) is 0 Å². The summed E-state index contributed by atoms with van der Waals surface area (Å²) >= 11 is 0. The minimum atomic E-state index is -1.53. The van der Waals surface area contributed by atoms with E-state index in [1.807, 2.05) is 0 Å². The Morgan fingerprint density at radius 1 is 0.729 bits per heavy atom. The summed E-state index contributed by atoms with van der Waals surface area (Å²) in [7, 11) is 0. The fourth-order valence-electron chi connectivity index (χ4n) is 12.7. The van der Waals surface area contributed by atoms with E-state index >= 15 is 4.39 Å². The first-order valence-electron chi connectivity index (χ1n) is 18.5. The molecule has 278 valence electrons. The molecule has 48 heavy (non-hydrogen) atoms. The number of halogens is 2. The normalized spacial score (nSPS) is 56.2. The van der Waals surface area contributed by atoms with Crippen molar-refractivity contribution >= 4 is 0 Å². The van der Waals surface area contributed by atoms with Gasteiger partial charge in [-0.2, -0.15) is 0 Å². The third-order valence-corrected chi connectivity index (χ3v) is 15.1. The highest BCUT2D eigenvalue weighted by molar-refractivity contribution is 5.17. The van der Waals surface area contributed by atoms with Gasteiger partial charge >= 0.3 is 0 Å². The van der Waals surface area contributed by atoms with E-state index < -0.39 is 92.5 Å². The molecule has 6 fully saturated rings. The molecule has 0 spiro atoms. The molecule has 0 aromatic carbocycles. The summed E-state index contributed by atoms with van der Waals surface area (Å²) in [5.74, 6) is -0.627. The van der Waals surface area contributed by atoms with Crippen molar-refractivity contribution in [3.63, 3.8) is 0 Å². The lowest BCUT2D eigenvalue weighted by atomic mass is 9.39. The summed E-state index contributed by atoms with van der Waals surface area (Å²) in [4.78, 5) is 0. The minimum absolute atomic E-state index is 0.00955. The molecule has 10 nitrogen and oxygen atoms in total. The van der Waals surface area contributed by atoms with Crippen molar-refractivity contribution in [3.05, 3.63) is 0 Å². The van der Waals surface area contributed by atoms with Gasteiger partial charge in [0.25, 0.3) is 0 Å². The van der Waals surface area contributed by atoms with E-state index in [2.05, 4.69) is 20.8 Å². The van der Waals surface area contributed by atoms with Crippen LogP contribution < -0.4 is 0 Å². The number of hydrogen-bond donors (Lipinski definition) is 8. The van der Waals surface area contributed by atoms with Gasteiger partial charge in [-0.25, -0.2) is 4.39 Å². The topological polar surface area (TPSA) is 180 Å². The largest absolute Gasteiger partial charge is 0.394 e. The van der Waals surface area contributed by atoms with Crippen LogP contribution in [0.4, 0.5) is 8.78 Å². The second-order valence-corrected chi connectivity index (χ2v) is 17.1. The van der Waals surface area contributed by atoms with Crippen LogP contribution in [0.2, 0.25) is 0 Å². The monoisotopic (exact) mass is 690 g/mol. The Morgan fingerprint density at radius 2 is 1.33 bits per heavy atom. The van der Waals surface area contributed by atoms with Crippen molar-refractivity contribution in [1.82, 2.24) is 0 Å². The van der Waals surface area contributed by atoms with Crippen LogP contribution in [0.25, 0.3) is 0 Å². The molecular formula is C36H60F2O10. The summed E-state index contributed by atoms with van der Waals surface area (Å²) in [6, 6.07) is 0. The maximum atomic E-state index is 15.2. The SMILES string of the molecule is C[C@H](CCCF)[C@H]1CC[C@H]2[C@@H]3[C@@H](C4O[C@H](CO)[C@@H](O)[C@H](O)[C@H]4O)C[C@@H]4C[C@@H](F)CC[C@]4(C)[C@H]3C[C@@H]([C@@H]3O[C@H](CO)[C@@H](O)[C@H](O)[C@H]3O)[C@]12C. The first-order valence-corrected chi connectivity index (χ1v) is 18.5. The van der Waals surface area contributed by atoms with E-state index in [1.54, 1.807) is 0 Å². The van der Waals surface area contributed by atoms with Crippen LogP contribution in [0, 0.1) is 58.2 Å². The Bertz CT molecular complexity index is 1100. The lowest BCUT2D eigenvalue weighted by molar-refractivity contribution is -0.288. The van der Waals surface area contributed by atoms with Gasteiger partial charge in [0, 0.05) is 0 Å². The molecular weight excluding hydrogens is 630 g/mol. The molecule has 6 aliphatic rings. The Morgan fingerprint density at radius 3 is 1.94 bits per heavy atom. The molecule has 4 saturated carbocycles. The molecule has 2 saturated heterocycles. The Hall–Kier alpha value is -0.540. The van der Waals surface area contributed by atoms with Gasteiger partial charge in [-0.3, -0.25) is 4.39 Å². The molecule has 1 unspecified atom stereocenters. The van der Waals surface area contributed by atoms with Gasteiger partial charge in [-0.05, 0) is 116 Å². The predicted octanol–water partition coefficient (Wildman–Crippen LogP) is 1.51. The van der Waals surface area contributed by atoms with Crippen LogP contribution in [0.3, 0.4) is 0 Å². The first kappa shape index (κ1) is 37.2. The Kier molecular flexibility index (Phi) is 11.0. The molecule has 0 aromatic rings. The first-order chi connectivity index (χ1) is 22.7. The summed E-state index contributed by atoms with van der Waals surface area (Å²) in [6.45, 7) is 5.08. The van der Waals surface area contributed by atoms with Crippen LogP contribution in [-0.2, 0) is 9.47 Å². The second kappa shape index (κ2) is 14.1. The molecule has 2 heterocycles. The van der Waals surface area contributed by atoms with Crippen molar-refractivity contribution in [1.29, 1.82) is 0 Å². The number of rotatable bonds is 8. The number of hydrogen-bond acceptors (Lipinski definition) is 10. The number of alkyl halides is 2. The third kappa shape index (κ3) is 5.80. The number of fused-ring (bicyclic) bond motifs is 5. The van der Waals surface area contributed by atoms with Gasteiger partial charge in [0.1, 0.15) is 55.0 Å². The van der Waals surface area contributed by atoms with Crippen molar-refractivity contribution in [2.75, 3.05) is 19.9 Å². The lowest BCUT2D eigenvalue weighted by Crippen LogP contribution is -2.68. The highest BCUT2D eigenvalue weighted by atomic mass is 19.1. The summed E-state index contributed by atoms with van der Waals surface area (Å²) in [6.07, 6.45) is -8.51. The summed E-state index contributed by atoms with van der Waals surface area (Å²) in [5, 5.41) is 86.4. The predicted molar refractivity (Wildman–Crippen MR) is 170 cm³/mol. The molecule has 21 atom stereocenters. The highest BCUT2D eigenvalue weighted by Gasteiger charge is 2.69. The summed E-state index contributed by atoms with van der Waals surface area (Å²) in [5.41, 5.74) is -0.818. The van der Waals surface area contributed by atoms with E-state index in [1.165, 1.54) is 0 Å². The minimum Gasteiger partial charge on any atom is -0.394 e. The van der Waals surface area contributed by atoms with Crippen LogP contribution in [-0.4, -0.2) is 128 Å². The van der Waals surface area contributed by atoms with Gasteiger partial charge < -0.3 is 50.3 Å². The smallest absolute Gasteiger partial charge is 0.111 e. The Labute approximate surface area is 282 Å². The zero-order valence-corrected chi connectivity index (χ0v) is 28.6. The van der Waals surface area contributed by atoms with Crippen LogP contribution >= 0.6 is 0 Å². The number of aliphatic hydroxyl groups is 8. The maximum Gasteiger partial charge on any atom is 0.111 e. The molecule has 6 rings (SSSR count). The standard InChI is InChI=1S/C36H60F2O10/c1-16(5-4-10-37)20-6-7-21-26-19(33-31(45)29(43)27(41)24(14-39)47-33)12-17-11-18(38)8-9-35(17,2)22(26)13-23(36(20,21)3)34-32(46)30(44)28(42)25(15-40)48-34/h16-34,39-46H,4-15H2,1-3H3/t16-,17+,18+,19+,20-,21+,22+,23+,24-,25-,26+,27-,28-,29+,30+,31-,32-,33?,34+,35+,36-/m1/s1. The van der Waals surface area contributed by atoms with Crippen LogP contribution in [0.1, 0.15) is 78.6 Å². The van der Waals surface area contributed by atoms with Crippen molar-refractivity contribution in [2.24, 2.45) is 58.2 Å². The average molecular weight is 691 g/mol. The van der Waals surface area contributed by atoms with E-state index in [9.17, 15) is 45.2 Å². The van der Waals surface area contributed by atoms with Crippen LogP contribution in [0.5, 0.6) is 0 Å². The van der Waals surface area contributed by atoms with E-state index in [-0.39, 0.29) is 52.8 Å². The maximum absolute atomic E-state index is 15.2. The van der Waals surface area contributed by atoms with E-state index in [0.717, 1.165) is 12.8 Å². The van der Waals surface area contributed by atoms with Crippen molar-refractivity contribution in [2.45, 2.75) is 146 Å². The van der Waals surface area contributed by atoms with Gasteiger partial charge in [-0.1, -0.05) is 20.8 Å². The molecule has 0 bridgehead atoms. The van der Waals surface area contributed by atoms with E-state index in [0.29, 0.717) is 44.9 Å². The molecule has 0 aromatic heterocycles. The number of aliphatic hydroxyl groups excluding tert-OH is 8. The zero-order valence-electron chi connectivity index (χ0n) is 28.6. The molecule has 0 amide bonds. The molecule has 12 heteroatoms. The quantitative estimate of drug-likeness (QED) is 0.186. The Balaban J connectivity index is 1.47. The third-order valence-electron chi connectivity index (χ3n) is 15.1. The van der Waals surface area contributed by atoms with Gasteiger partial charge in [0.05, 0.1) is 32.1 Å². The second-order valence-electron chi connectivity index (χ2n) is 17.1. The summed E-state index contributed by atoms with van der Waals surface area (Å²) < 4.78 is 41.3. The zero-order chi connectivity index (χ0) is 34.9. The fourth-order valence-corrected chi connectivity index (χ4v) is 12.7. The lowest BCUT2D eigenvalue weighted by Gasteiger charge is -2.67. The van der Waals surface area contributed by atoms with Gasteiger partial charge in [-0.15, -0.1) is 0 Å². The highest BCUT2D eigenvalue weighted by Crippen LogP contribution is 2.72. The molecule has 8 N–H and O–H groups in total. The van der Waals surface area contributed by atoms with Crippen molar-refractivity contribution < 1.29 is 59.1 Å². The molecule has 4 aliphatic carbocycles. The molecule has 2 aliphatic heterocycles. The molecule has 0 radical (unpaired) electrons. The fraction of sp³-hybridized carbons (Fsp3) is 1.00. The average Bonchev–Trinajstić information content (AvgIpc) is 3.43. The van der Waals surface area contributed by atoms with E-state index in [4.69, 9.17) is 9.47 Å². The van der Waals surface area contributed by atoms with Crippen molar-refractivity contribution in [3.8, 4) is 0 Å². The van der Waals surface area contributed by atoms with Crippen LogP contribution in [0.15, 0.2) is 0 Å².